The van der Waals surface area contributed by atoms with E-state index >= 15 is 0 Å². The summed E-state index contributed by atoms with van der Waals surface area (Å²) in [6.45, 7) is 1.56. The summed E-state index contributed by atoms with van der Waals surface area (Å²) in [4.78, 5) is 0. The molecule has 1 aliphatic heterocycles. The summed E-state index contributed by atoms with van der Waals surface area (Å²) >= 11 is 11.9. The van der Waals surface area contributed by atoms with E-state index in [9.17, 15) is 0 Å². The molecule has 1 unspecified atom stereocenters. The van der Waals surface area contributed by atoms with Crippen LogP contribution in [0.2, 0.25) is 10.0 Å². The van der Waals surface area contributed by atoms with Crippen LogP contribution in [-0.2, 0) is 4.74 Å². The number of ether oxygens (including phenoxy) is 2. The van der Waals surface area contributed by atoms with Crippen LogP contribution in [0, 0.1) is 0 Å². The van der Waals surface area contributed by atoms with Gasteiger partial charge in [-0.25, -0.2) is 0 Å². The van der Waals surface area contributed by atoms with Crippen LogP contribution in [0.5, 0.6) is 5.75 Å². The Morgan fingerprint density at radius 3 is 3.00 bits per heavy atom. The molecule has 0 spiro atoms. The van der Waals surface area contributed by atoms with E-state index < -0.39 is 0 Å². The molecule has 0 radical (unpaired) electrons. The summed E-state index contributed by atoms with van der Waals surface area (Å²) in [5.74, 6) is 0.659. The van der Waals surface area contributed by atoms with Gasteiger partial charge in [-0.1, -0.05) is 23.2 Å². The lowest BCUT2D eigenvalue weighted by molar-refractivity contribution is 0.0981. The molecule has 1 aromatic rings. The minimum atomic E-state index is 0.424. The predicted octanol–water partition coefficient (Wildman–Crippen LogP) is 4.33. The zero-order valence-electron chi connectivity index (χ0n) is 9.62. The van der Waals surface area contributed by atoms with Gasteiger partial charge in [0.1, 0.15) is 5.75 Å². The van der Waals surface area contributed by atoms with E-state index in [-0.39, 0.29) is 0 Å². The summed E-state index contributed by atoms with van der Waals surface area (Å²) in [6, 6.07) is 5.25. The molecule has 4 heteroatoms. The summed E-state index contributed by atoms with van der Waals surface area (Å²) in [7, 11) is 0. The van der Waals surface area contributed by atoms with E-state index in [1.165, 1.54) is 12.8 Å². The Hall–Kier alpha value is -0.440. The Morgan fingerprint density at radius 1 is 1.35 bits per heavy atom. The van der Waals surface area contributed by atoms with Crippen LogP contribution in [-0.4, -0.2) is 19.3 Å². The lowest BCUT2D eigenvalue weighted by atomic mass is 10.1. The molecule has 0 N–H and O–H groups in total. The SMILES string of the molecule is Clc1ccc(Cl)c(OCCCC2CCCO2)c1. The smallest absolute Gasteiger partial charge is 0.139 e. The van der Waals surface area contributed by atoms with Gasteiger partial charge in [-0.3, -0.25) is 0 Å². The van der Waals surface area contributed by atoms with E-state index in [0.717, 1.165) is 19.4 Å². The van der Waals surface area contributed by atoms with Gasteiger partial charge in [0.05, 0.1) is 17.7 Å². The van der Waals surface area contributed by atoms with Crippen molar-refractivity contribution in [2.75, 3.05) is 13.2 Å². The third kappa shape index (κ3) is 4.06. The van der Waals surface area contributed by atoms with Crippen molar-refractivity contribution in [1.82, 2.24) is 0 Å². The van der Waals surface area contributed by atoms with Gasteiger partial charge < -0.3 is 9.47 Å². The highest BCUT2D eigenvalue weighted by atomic mass is 35.5. The first-order chi connectivity index (χ1) is 8.25. The van der Waals surface area contributed by atoms with Crippen molar-refractivity contribution in [3.63, 3.8) is 0 Å². The van der Waals surface area contributed by atoms with E-state index in [1.54, 1.807) is 18.2 Å². The third-order valence-electron chi connectivity index (χ3n) is 2.85. The summed E-state index contributed by atoms with van der Waals surface area (Å²) in [6.07, 6.45) is 4.82. The second-order valence-corrected chi connectivity index (χ2v) is 5.04. The quantitative estimate of drug-likeness (QED) is 0.744. The second-order valence-electron chi connectivity index (χ2n) is 4.20. The Morgan fingerprint density at radius 2 is 2.24 bits per heavy atom. The molecule has 1 saturated heterocycles. The number of hydrogen-bond acceptors (Lipinski definition) is 2. The first-order valence-corrected chi connectivity index (χ1v) is 6.71. The highest BCUT2D eigenvalue weighted by molar-refractivity contribution is 6.34. The molecular weight excluding hydrogens is 259 g/mol. The second kappa shape index (κ2) is 6.48. The lowest BCUT2D eigenvalue weighted by Crippen LogP contribution is -2.07. The molecule has 0 bridgehead atoms. The molecule has 0 aromatic heterocycles. The fourth-order valence-corrected chi connectivity index (χ4v) is 2.29. The molecule has 0 aliphatic carbocycles. The fraction of sp³-hybridized carbons (Fsp3) is 0.538. The minimum absolute atomic E-state index is 0.424. The van der Waals surface area contributed by atoms with Crippen LogP contribution in [0.25, 0.3) is 0 Å². The van der Waals surface area contributed by atoms with Crippen molar-refractivity contribution in [2.45, 2.75) is 31.8 Å². The summed E-state index contributed by atoms with van der Waals surface area (Å²) < 4.78 is 11.2. The topological polar surface area (TPSA) is 18.5 Å². The number of hydrogen-bond donors (Lipinski definition) is 0. The molecular formula is C13H16Cl2O2. The van der Waals surface area contributed by atoms with Gasteiger partial charge in [-0.15, -0.1) is 0 Å². The van der Waals surface area contributed by atoms with E-state index in [1.807, 2.05) is 0 Å². The molecule has 2 nitrogen and oxygen atoms in total. The predicted molar refractivity (Wildman–Crippen MR) is 70.2 cm³/mol. The van der Waals surface area contributed by atoms with Crippen molar-refractivity contribution in [3.05, 3.63) is 28.2 Å². The van der Waals surface area contributed by atoms with Crippen LogP contribution in [0.15, 0.2) is 18.2 Å². The average molecular weight is 275 g/mol. The zero-order chi connectivity index (χ0) is 12.1. The maximum Gasteiger partial charge on any atom is 0.139 e. The zero-order valence-corrected chi connectivity index (χ0v) is 11.1. The molecule has 17 heavy (non-hydrogen) atoms. The molecule has 0 saturated carbocycles. The first-order valence-electron chi connectivity index (χ1n) is 5.95. The fourth-order valence-electron chi connectivity index (χ4n) is 1.95. The van der Waals surface area contributed by atoms with Crippen molar-refractivity contribution < 1.29 is 9.47 Å². The number of benzene rings is 1. The van der Waals surface area contributed by atoms with Crippen LogP contribution in [0.3, 0.4) is 0 Å². The molecule has 1 aromatic carbocycles. The maximum absolute atomic E-state index is 5.99. The Kier molecular flexibility index (Phi) is 4.96. The molecule has 0 amide bonds. The van der Waals surface area contributed by atoms with Crippen LogP contribution in [0.4, 0.5) is 0 Å². The Balaban J connectivity index is 1.72. The van der Waals surface area contributed by atoms with Crippen LogP contribution < -0.4 is 4.74 Å². The molecule has 94 valence electrons. The summed E-state index contributed by atoms with van der Waals surface area (Å²) in [5, 5.41) is 1.25. The number of halogens is 2. The summed E-state index contributed by atoms with van der Waals surface area (Å²) in [5.41, 5.74) is 0. The largest absolute Gasteiger partial charge is 0.492 e. The van der Waals surface area contributed by atoms with Gasteiger partial charge in [0, 0.05) is 17.7 Å². The van der Waals surface area contributed by atoms with Gasteiger partial charge in [-0.05, 0) is 37.8 Å². The normalized spacial score (nSPS) is 19.5. The van der Waals surface area contributed by atoms with Crippen molar-refractivity contribution in [2.24, 2.45) is 0 Å². The van der Waals surface area contributed by atoms with E-state index in [4.69, 9.17) is 32.7 Å². The van der Waals surface area contributed by atoms with Crippen molar-refractivity contribution in [1.29, 1.82) is 0 Å². The van der Waals surface area contributed by atoms with Crippen LogP contribution >= 0.6 is 23.2 Å². The molecule has 2 rings (SSSR count). The lowest BCUT2D eigenvalue weighted by Gasteiger charge is -2.11. The van der Waals surface area contributed by atoms with Gasteiger partial charge in [-0.2, -0.15) is 0 Å². The molecule has 1 aliphatic rings. The Labute approximate surface area is 112 Å². The standard InChI is InChI=1S/C13H16Cl2O2/c14-10-5-6-12(15)13(9-10)17-8-2-4-11-3-1-7-16-11/h5-6,9,11H,1-4,7-8H2. The van der Waals surface area contributed by atoms with Crippen molar-refractivity contribution in [3.8, 4) is 5.75 Å². The van der Waals surface area contributed by atoms with E-state index in [0.29, 0.717) is 28.5 Å². The highest BCUT2D eigenvalue weighted by Gasteiger charge is 2.14. The third-order valence-corrected chi connectivity index (χ3v) is 3.39. The molecule has 1 heterocycles. The van der Waals surface area contributed by atoms with E-state index in [2.05, 4.69) is 0 Å². The van der Waals surface area contributed by atoms with Crippen molar-refractivity contribution >= 4 is 23.2 Å². The Bertz CT molecular complexity index is 362. The maximum atomic E-state index is 5.99. The molecule has 1 fully saturated rings. The average Bonchev–Trinajstić information content (AvgIpc) is 2.82. The molecule has 1 atom stereocenters. The first kappa shape index (κ1) is 13.0. The van der Waals surface area contributed by atoms with Gasteiger partial charge in [0.25, 0.3) is 0 Å². The van der Waals surface area contributed by atoms with Gasteiger partial charge in [0.2, 0.25) is 0 Å². The van der Waals surface area contributed by atoms with Crippen LogP contribution in [0.1, 0.15) is 25.7 Å². The highest BCUT2D eigenvalue weighted by Crippen LogP contribution is 2.28. The minimum Gasteiger partial charge on any atom is -0.492 e. The monoisotopic (exact) mass is 274 g/mol. The van der Waals surface area contributed by atoms with Gasteiger partial charge >= 0.3 is 0 Å². The van der Waals surface area contributed by atoms with Gasteiger partial charge in [0.15, 0.2) is 0 Å². The number of rotatable bonds is 5.